The van der Waals surface area contributed by atoms with Crippen LogP contribution in [0.2, 0.25) is 0 Å². The van der Waals surface area contributed by atoms with Gasteiger partial charge in [0.15, 0.2) is 11.1 Å². The number of halogens is 4. The van der Waals surface area contributed by atoms with Crippen molar-refractivity contribution in [2.24, 2.45) is 0 Å². The van der Waals surface area contributed by atoms with E-state index in [1.54, 1.807) is 72.8 Å². The lowest BCUT2D eigenvalue weighted by atomic mass is 9.88. The van der Waals surface area contributed by atoms with Crippen molar-refractivity contribution >= 4 is 79.6 Å². The zero-order chi connectivity index (χ0) is 52.3. The first-order valence-electron chi connectivity index (χ1n) is 26.7. The van der Waals surface area contributed by atoms with Crippen LogP contribution in [0.15, 0.2) is 130 Å². The fourth-order valence-corrected chi connectivity index (χ4v) is 11.7. The fraction of sp³-hybridized carbons (Fsp3) is 0.267. The van der Waals surface area contributed by atoms with Gasteiger partial charge in [0.25, 0.3) is 0 Å². The first-order valence-corrected chi connectivity index (χ1v) is 26.7. The van der Waals surface area contributed by atoms with Gasteiger partial charge in [0.05, 0.1) is 13.2 Å². The number of unbranched alkanes of at least 4 members (excludes halogenated alkanes) is 10. The van der Waals surface area contributed by atoms with Gasteiger partial charge in [-0.2, -0.15) is 10.5 Å². The van der Waals surface area contributed by atoms with E-state index < -0.39 is 25.7 Å². The van der Waals surface area contributed by atoms with Gasteiger partial charge < -0.3 is 44.5 Å². The third-order valence-corrected chi connectivity index (χ3v) is 15.3. The summed E-state index contributed by atoms with van der Waals surface area (Å²) < 4.78 is 103. The molecule has 0 unspecified atom stereocenters. The van der Waals surface area contributed by atoms with Crippen molar-refractivity contribution in [3.05, 3.63) is 144 Å². The Morgan fingerprint density at radius 1 is 0.487 bits per heavy atom. The van der Waals surface area contributed by atoms with E-state index in [0.717, 1.165) is 92.9 Å². The molecule has 2 aliphatic rings. The van der Waals surface area contributed by atoms with Crippen molar-refractivity contribution in [1.82, 2.24) is 8.96 Å². The summed E-state index contributed by atoms with van der Waals surface area (Å²) in [4.78, 5) is 0. The van der Waals surface area contributed by atoms with E-state index in [2.05, 4.69) is 26.0 Å². The zero-order valence-corrected chi connectivity index (χ0v) is 42.4. The Bertz CT molecular complexity index is 3880. The highest BCUT2D eigenvalue weighted by Gasteiger charge is 2.58. The topological polar surface area (TPSA) is 110 Å². The fourth-order valence-electron chi connectivity index (χ4n) is 11.7. The van der Waals surface area contributed by atoms with E-state index in [1.807, 2.05) is 48.5 Å². The molecule has 0 saturated carbocycles. The number of rotatable bonds is 18. The van der Waals surface area contributed by atoms with Crippen LogP contribution in [0.4, 0.5) is 17.3 Å². The molecule has 4 aromatic heterocycles. The minimum atomic E-state index is -5.02. The average Bonchev–Trinajstić information content (AvgIpc) is 3.91. The molecule has 0 spiro atoms. The maximum atomic E-state index is 18.7. The van der Waals surface area contributed by atoms with Crippen LogP contribution in [-0.2, 0) is 0 Å². The predicted molar refractivity (Wildman–Crippen MR) is 289 cm³/mol. The standard InChI is InChI=1S/C60H54B2F4N6O4/c1-3-5-7-9-11-17-31-73-45-27-23-39(24-28-45)55-53-54(58-48(38-68)60-69(61(63,64)71(55)58)49-33-41-19-13-15-21-43(41)35-51(49)76-60)56(40-25-29-46(30-26-40)74-32-18-12-10-8-6-4-2)72-57(53)47(37-67)59-70(62(72,65)66)50-34-42-20-14-16-22-44(42)36-52(50)75-59/h13-16,19-30,33-36H,3-12,17-18,31-32H2,1-2H3. The van der Waals surface area contributed by atoms with E-state index >= 15 is 17.3 Å². The smallest absolute Gasteiger partial charge is 0.494 e. The quantitative estimate of drug-likeness (QED) is 0.0481. The van der Waals surface area contributed by atoms with E-state index in [4.69, 9.17) is 18.3 Å². The minimum absolute atomic E-state index is 0.0397. The molecule has 0 atom stereocenters. The molecule has 382 valence electrons. The molecule has 0 saturated heterocycles. The van der Waals surface area contributed by atoms with E-state index in [9.17, 15) is 10.5 Å². The lowest BCUT2D eigenvalue weighted by Crippen LogP contribution is -2.70. The van der Waals surface area contributed by atoms with Crippen LogP contribution in [0.1, 0.15) is 103 Å². The first-order chi connectivity index (χ1) is 37.1. The van der Waals surface area contributed by atoms with Gasteiger partial charge in [0.1, 0.15) is 23.6 Å². The number of nitrogens with zero attached hydrogens (tertiary/aromatic N) is 6. The lowest BCUT2D eigenvalue weighted by Gasteiger charge is -2.29. The summed E-state index contributed by atoms with van der Waals surface area (Å²) in [5, 5.41) is 24.8. The van der Waals surface area contributed by atoms with Crippen LogP contribution in [0.25, 0.3) is 88.2 Å². The number of aromatic nitrogens is 4. The molecule has 12 rings (SSSR count). The highest BCUT2D eigenvalue weighted by molar-refractivity contribution is 6.59. The third-order valence-electron chi connectivity index (χ3n) is 15.3. The second kappa shape index (κ2) is 19.5. The molecule has 10 aromatic rings. The molecule has 0 radical (unpaired) electrons. The normalized spacial score (nSPS) is 14.3. The lowest BCUT2D eigenvalue weighted by molar-refractivity contribution is -0.551. The van der Waals surface area contributed by atoms with Crippen molar-refractivity contribution in [3.63, 3.8) is 0 Å². The van der Waals surface area contributed by atoms with Crippen molar-refractivity contribution < 1.29 is 44.5 Å². The van der Waals surface area contributed by atoms with Crippen LogP contribution in [0.3, 0.4) is 0 Å². The molecule has 0 bridgehead atoms. The van der Waals surface area contributed by atoms with Crippen LogP contribution in [0, 0.1) is 22.7 Å². The molecule has 10 nitrogen and oxygen atoms in total. The maximum Gasteiger partial charge on any atom is 0.740 e. The molecule has 76 heavy (non-hydrogen) atoms. The predicted octanol–water partition coefficient (Wildman–Crippen LogP) is 13.2. The Labute approximate surface area is 436 Å². The summed E-state index contributed by atoms with van der Waals surface area (Å²) in [6.07, 6.45) is 12.8. The summed E-state index contributed by atoms with van der Waals surface area (Å²) in [5.74, 6) is 0.143. The molecule has 0 amide bonds. The minimum Gasteiger partial charge on any atom is -0.494 e. The summed E-state index contributed by atoms with van der Waals surface area (Å²) in [6, 6.07) is 38.8. The molecule has 2 aliphatic heterocycles. The number of ether oxygens (including phenoxy) is 2. The molecule has 16 heteroatoms. The maximum absolute atomic E-state index is 18.7. The van der Waals surface area contributed by atoms with E-state index in [-0.39, 0.29) is 77.3 Å². The second-order valence-corrected chi connectivity index (χ2v) is 20.2. The zero-order valence-electron chi connectivity index (χ0n) is 42.4. The summed E-state index contributed by atoms with van der Waals surface area (Å²) in [7, 11) is 0. The Morgan fingerprint density at radius 2 is 0.842 bits per heavy atom. The highest BCUT2D eigenvalue weighted by Crippen LogP contribution is 2.42. The van der Waals surface area contributed by atoms with Gasteiger partial charge in [-0.1, -0.05) is 127 Å². The molecular weight excluding hydrogens is 966 g/mol. The van der Waals surface area contributed by atoms with Crippen LogP contribution >= 0.6 is 0 Å². The number of oxazole rings is 2. The van der Waals surface area contributed by atoms with E-state index in [1.165, 1.54) is 12.8 Å². The highest BCUT2D eigenvalue weighted by atomic mass is 19.3. The monoisotopic (exact) mass is 1020 g/mol. The van der Waals surface area contributed by atoms with Crippen LogP contribution in [0.5, 0.6) is 11.5 Å². The van der Waals surface area contributed by atoms with Crippen LogP contribution in [-0.4, -0.2) is 36.1 Å². The Morgan fingerprint density at radius 3 is 1.21 bits per heavy atom. The van der Waals surface area contributed by atoms with Gasteiger partial charge >= 0.3 is 25.7 Å². The molecule has 6 heterocycles. The summed E-state index contributed by atoms with van der Waals surface area (Å²) >= 11 is 0. The van der Waals surface area contributed by atoms with Gasteiger partial charge in [-0.25, -0.2) is 0 Å². The van der Waals surface area contributed by atoms with Gasteiger partial charge in [-0.05, 0) is 106 Å². The van der Waals surface area contributed by atoms with Crippen molar-refractivity contribution in [2.45, 2.75) is 90.9 Å². The number of fused-ring (bicyclic) bond motifs is 13. The number of benzene rings is 6. The number of hydrogen-bond acceptors (Lipinski definition) is 6. The third kappa shape index (κ3) is 7.83. The molecule has 6 aromatic carbocycles. The number of hydrogen-bond donors (Lipinski definition) is 0. The Hall–Kier alpha value is -8.23. The molecular formula is C60H54B2F4N6O4. The summed E-state index contributed by atoms with van der Waals surface area (Å²) in [6.45, 7) is -4.81. The average molecular weight is 1020 g/mol. The van der Waals surface area contributed by atoms with Gasteiger partial charge in [-0.15, -0.1) is 0 Å². The van der Waals surface area contributed by atoms with Crippen molar-refractivity contribution in [3.8, 4) is 46.2 Å². The Balaban J connectivity index is 1.15. The SMILES string of the molecule is CCCCCCCCOc1ccc(-c2c3c4n(c(-c5ccc(OCCCCCCCC)cc5)c3c3n2[B-](F)(F)[n+]2c(oc5cc6ccccc6cc52)C=3C#N)[B-](F)(F)[n+]2c(oc3cc5ccccc5cc32)C=4C#N)cc1. The largest absolute Gasteiger partial charge is 0.740 e. The molecule has 0 N–H and O–H groups in total. The second-order valence-electron chi connectivity index (χ2n) is 20.2. The van der Waals surface area contributed by atoms with Crippen molar-refractivity contribution in [1.29, 1.82) is 10.5 Å². The molecule has 0 fully saturated rings. The number of nitriles is 2. The van der Waals surface area contributed by atoms with Crippen LogP contribution < -0.4 is 29.1 Å². The van der Waals surface area contributed by atoms with Crippen molar-refractivity contribution in [2.75, 3.05) is 13.2 Å². The Kier molecular flexibility index (Phi) is 12.5. The van der Waals surface area contributed by atoms with Gasteiger partial charge in [-0.3, -0.25) is 8.96 Å². The van der Waals surface area contributed by atoms with Gasteiger partial charge in [0.2, 0.25) is 22.2 Å². The van der Waals surface area contributed by atoms with Gasteiger partial charge in [0, 0.05) is 45.0 Å². The van der Waals surface area contributed by atoms with E-state index in [0.29, 0.717) is 35.5 Å². The summed E-state index contributed by atoms with van der Waals surface area (Å²) in [5.41, 5.74) is -0.234. The first kappa shape index (κ1) is 48.7. The molecule has 0 aliphatic carbocycles.